The van der Waals surface area contributed by atoms with Gasteiger partial charge in [0.05, 0.1) is 0 Å². The van der Waals surface area contributed by atoms with Gasteiger partial charge in [-0.05, 0) is 31.2 Å². The van der Waals surface area contributed by atoms with E-state index in [1.807, 2.05) is 18.2 Å². The largest absolute Gasteiger partial charge is 0.461 e. The van der Waals surface area contributed by atoms with Crippen molar-refractivity contribution in [2.45, 2.75) is 12.8 Å². The van der Waals surface area contributed by atoms with Crippen molar-refractivity contribution in [3.05, 3.63) is 34.5 Å². The molecule has 0 atom stereocenters. The van der Waals surface area contributed by atoms with E-state index in [1.54, 1.807) is 0 Å². The van der Waals surface area contributed by atoms with Crippen LogP contribution in [0.15, 0.2) is 33.2 Å². The smallest absolute Gasteiger partial charge is 0.135 e. The Morgan fingerprint density at radius 2 is 2.21 bits per heavy atom. The number of hydrogen-bond donors (Lipinski definition) is 1. The molecule has 0 saturated carbocycles. The second kappa shape index (κ2) is 4.15. The quantitative estimate of drug-likeness (QED) is 0.914. The van der Waals surface area contributed by atoms with Gasteiger partial charge in [0.25, 0.3) is 0 Å². The van der Waals surface area contributed by atoms with Crippen LogP contribution in [0.3, 0.4) is 0 Å². The van der Waals surface area contributed by atoms with Crippen molar-refractivity contribution >= 4 is 26.9 Å². The van der Waals surface area contributed by atoms with E-state index in [0.717, 1.165) is 34.0 Å². The topological polar surface area (TPSA) is 39.2 Å². The molecule has 14 heavy (non-hydrogen) atoms. The number of rotatable bonds is 3. The van der Waals surface area contributed by atoms with E-state index in [9.17, 15) is 0 Å². The lowest BCUT2D eigenvalue weighted by Gasteiger charge is -1.91. The standard InChI is InChI=1S/C11H12BrNO/c12-10-4-1-5-11-9(10)7-8(14-11)3-2-6-13/h1,4-5,7H,2-3,6,13H2. The monoisotopic (exact) mass is 253 g/mol. The molecule has 1 aromatic heterocycles. The summed E-state index contributed by atoms with van der Waals surface area (Å²) >= 11 is 3.49. The molecular formula is C11H12BrNO. The molecule has 3 heteroatoms. The lowest BCUT2D eigenvalue weighted by Crippen LogP contribution is -1.99. The minimum atomic E-state index is 0.707. The predicted molar refractivity (Wildman–Crippen MR) is 61.3 cm³/mol. The molecule has 0 radical (unpaired) electrons. The fourth-order valence-electron chi connectivity index (χ4n) is 1.48. The van der Waals surface area contributed by atoms with Gasteiger partial charge in [0.15, 0.2) is 0 Å². The van der Waals surface area contributed by atoms with Gasteiger partial charge in [-0.2, -0.15) is 0 Å². The molecule has 74 valence electrons. The summed E-state index contributed by atoms with van der Waals surface area (Å²) < 4.78 is 6.75. The van der Waals surface area contributed by atoms with Crippen LogP contribution in [-0.4, -0.2) is 6.54 Å². The van der Waals surface area contributed by atoms with Crippen molar-refractivity contribution in [2.75, 3.05) is 6.54 Å². The van der Waals surface area contributed by atoms with Gasteiger partial charge in [-0.1, -0.05) is 22.0 Å². The Morgan fingerprint density at radius 3 is 2.93 bits per heavy atom. The third-order valence-electron chi connectivity index (χ3n) is 2.19. The van der Waals surface area contributed by atoms with E-state index < -0.39 is 0 Å². The maximum Gasteiger partial charge on any atom is 0.135 e. The van der Waals surface area contributed by atoms with Crippen molar-refractivity contribution in [3.8, 4) is 0 Å². The molecular weight excluding hydrogens is 242 g/mol. The van der Waals surface area contributed by atoms with Crippen molar-refractivity contribution in [3.63, 3.8) is 0 Å². The van der Waals surface area contributed by atoms with Crippen LogP contribution in [0.5, 0.6) is 0 Å². The van der Waals surface area contributed by atoms with Crippen LogP contribution in [0.1, 0.15) is 12.2 Å². The normalized spacial score (nSPS) is 11.0. The second-order valence-corrected chi connectivity index (χ2v) is 4.11. The molecule has 0 bridgehead atoms. The van der Waals surface area contributed by atoms with E-state index in [4.69, 9.17) is 10.2 Å². The minimum Gasteiger partial charge on any atom is -0.461 e. The second-order valence-electron chi connectivity index (χ2n) is 3.26. The number of furan rings is 1. The average molecular weight is 254 g/mol. The van der Waals surface area contributed by atoms with E-state index in [1.165, 1.54) is 0 Å². The van der Waals surface area contributed by atoms with Crippen LogP contribution >= 0.6 is 15.9 Å². The Hall–Kier alpha value is -0.800. The van der Waals surface area contributed by atoms with E-state index >= 15 is 0 Å². The van der Waals surface area contributed by atoms with Crippen molar-refractivity contribution in [1.82, 2.24) is 0 Å². The SMILES string of the molecule is NCCCc1cc2c(Br)cccc2o1. The first-order valence-corrected chi connectivity index (χ1v) is 5.47. The Kier molecular flexibility index (Phi) is 2.89. The first-order chi connectivity index (χ1) is 6.81. The van der Waals surface area contributed by atoms with Crippen molar-refractivity contribution in [1.29, 1.82) is 0 Å². The maximum atomic E-state index is 5.67. The summed E-state index contributed by atoms with van der Waals surface area (Å²) in [7, 11) is 0. The third kappa shape index (κ3) is 1.83. The van der Waals surface area contributed by atoms with Crippen molar-refractivity contribution in [2.24, 2.45) is 5.73 Å². The summed E-state index contributed by atoms with van der Waals surface area (Å²) in [5.74, 6) is 1.01. The summed E-state index contributed by atoms with van der Waals surface area (Å²) in [5, 5.41) is 1.14. The molecule has 2 N–H and O–H groups in total. The van der Waals surface area contributed by atoms with Crippen LogP contribution in [0.4, 0.5) is 0 Å². The Morgan fingerprint density at radius 1 is 1.36 bits per heavy atom. The summed E-state index contributed by atoms with van der Waals surface area (Å²) in [6.45, 7) is 0.707. The van der Waals surface area contributed by atoms with E-state index in [-0.39, 0.29) is 0 Å². The van der Waals surface area contributed by atoms with Gasteiger partial charge < -0.3 is 10.2 Å². The molecule has 0 amide bonds. The first kappa shape index (κ1) is 9.74. The molecule has 0 saturated heterocycles. The highest BCUT2D eigenvalue weighted by molar-refractivity contribution is 9.10. The summed E-state index contributed by atoms with van der Waals surface area (Å²) in [6, 6.07) is 8.05. The van der Waals surface area contributed by atoms with Gasteiger partial charge in [0, 0.05) is 16.3 Å². The van der Waals surface area contributed by atoms with Gasteiger partial charge in [-0.15, -0.1) is 0 Å². The van der Waals surface area contributed by atoms with Crippen LogP contribution < -0.4 is 5.73 Å². The Balaban J connectivity index is 2.36. The zero-order valence-electron chi connectivity index (χ0n) is 7.79. The molecule has 0 aliphatic rings. The molecule has 0 fully saturated rings. The molecule has 1 aromatic carbocycles. The highest BCUT2D eigenvalue weighted by atomic mass is 79.9. The number of benzene rings is 1. The zero-order valence-corrected chi connectivity index (χ0v) is 9.38. The number of aryl methyl sites for hydroxylation is 1. The van der Waals surface area contributed by atoms with Gasteiger partial charge >= 0.3 is 0 Å². The molecule has 0 spiro atoms. The summed E-state index contributed by atoms with van der Waals surface area (Å²) in [5.41, 5.74) is 6.39. The Labute approximate surface area is 91.2 Å². The van der Waals surface area contributed by atoms with Crippen molar-refractivity contribution < 1.29 is 4.42 Å². The number of hydrogen-bond acceptors (Lipinski definition) is 2. The molecule has 0 aliphatic carbocycles. The highest BCUT2D eigenvalue weighted by Gasteiger charge is 2.05. The molecule has 2 rings (SSSR count). The average Bonchev–Trinajstić information content (AvgIpc) is 2.59. The van der Waals surface area contributed by atoms with Crippen LogP contribution in [-0.2, 0) is 6.42 Å². The molecule has 0 unspecified atom stereocenters. The number of nitrogens with two attached hydrogens (primary N) is 1. The van der Waals surface area contributed by atoms with Gasteiger partial charge in [0.2, 0.25) is 0 Å². The fraction of sp³-hybridized carbons (Fsp3) is 0.273. The maximum absolute atomic E-state index is 5.67. The third-order valence-corrected chi connectivity index (χ3v) is 2.88. The van der Waals surface area contributed by atoms with Gasteiger partial charge in [-0.3, -0.25) is 0 Å². The fourth-order valence-corrected chi connectivity index (χ4v) is 1.94. The summed E-state index contributed by atoms with van der Waals surface area (Å²) in [6.07, 6.45) is 1.88. The predicted octanol–water partition coefficient (Wildman–Crippen LogP) is 3.09. The molecule has 0 aliphatic heterocycles. The number of fused-ring (bicyclic) bond motifs is 1. The Bertz CT molecular complexity index is 436. The van der Waals surface area contributed by atoms with Gasteiger partial charge in [0.1, 0.15) is 11.3 Å². The summed E-state index contributed by atoms with van der Waals surface area (Å²) in [4.78, 5) is 0. The lowest BCUT2D eigenvalue weighted by molar-refractivity contribution is 0.540. The molecule has 1 heterocycles. The zero-order chi connectivity index (χ0) is 9.97. The van der Waals surface area contributed by atoms with Crippen LogP contribution in [0, 0.1) is 0 Å². The van der Waals surface area contributed by atoms with Crippen LogP contribution in [0.25, 0.3) is 11.0 Å². The van der Waals surface area contributed by atoms with Gasteiger partial charge in [-0.25, -0.2) is 0 Å². The number of halogens is 1. The first-order valence-electron chi connectivity index (χ1n) is 4.68. The van der Waals surface area contributed by atoms with Crippen LogP contribution in [0.2, 0.25) is 0 Å². The minimum absolute atomic E-state index is 0.707. The molecule has 2 aromatic rings. The van der Waals surface area contributed by atoms with E-state index in [0.29, 0.717) is 6.54 Å². The molecule has 2 nitrogen and oxygen atoms in total. The highest BCUT2D eigenvalue weighted by Crippen LogP contribution is 2.27. The lowest BCUT2D eigenvalue weighted by atomic mass is 10.2. The van der Waals surface area contributed by atoms with E-state index in [2.05, 4.69) is 22.0 Å².